The van der Waals surface area contributed by atoms with E-state index in [0.29, 0.717) is 43.3 Å². The number of carbonyl (C=O) groups is 2. The summed E-state index contributed by atoms with van der Waals surface area (Å²) in [5, 5.41) is 0. The molecule has 1 unspecified atom stereocenters. The fraction of sp³-hybridized carbons (Fsp3) is 0.588. The Morgan fingerprint density at radius 2 is 1.74 bits per heavy atom. The summed E-state index contributed by atoms with van der Waals surface area (Å²) in [6, 6.07) is 1.67. The van der Waals surface area contributed by atoms with E-state index in [-0.39, 0.29) is 11.8 Å². The average molecular weight is 317 g/mol. The largest absolute Gasteiger partial charge is 0.378 e. The number of nitrogens with zero attached hydrogens (tertiary/aromatic N) is 3. The van der Waals surface area contributed by atoms with Gasteiger partial charge in [-0.1, -0.05) is 6.92 Å². The first-order chi connectivity index (χ1) is 11.1. The number of morpholine rings is 1. The van der Waals surface area contributed by atoms with Crippen LogP contribution in [0.3, 0.4) is 0 Å². The Morgan fingerprint density at radius 3 is 2.39 bits per heavy atom. The van der Waals surface area contributed by atoms with Gasteiger partial charge in [-0.15, -0.1) is 0 Å². The Labute approximate surface area is 136 Å². The van der Waals surface area contributed by atoms with E-state index in [0.717, 1.165) is 25.9 Å². The number of hydrogen-bond acceptors (Lipinski definition) is 4. The zero-order valence-electron chi connectivity index (χ0n) is 13.5. The lowest BCUT2D eigenvalue weighted by molar-refractivity contribution is 0.0302. The predicted molar refractivity (Wildman–Crippen MR) is 85.3 cm³/mol. The van der Waals surface area contributed by atoms with Crippen molar-refractivity contribution >= 4 is 11.8 Å². The van der Waals surface area contributed by atoms with Crippen molar-refractivity contribution in [1.29, 1.82) is 0 Å². The first kappa shape index (κ1) is 15.9. The van der Waals surface area contributed by atoms with Crippen LogP contribution in [-0.2, 0) is 4.74 Å². The number of hydrogen-bond donors (Lipinski definition) is 0. The molecule has 1 atom stereocenters. The second-order valence-corrected chi connectivity index (χ2v) is 6.37. The molecule has 0 saturated carbocycles. The average Bonchev–Trinajstić information content (AvgIpc) is 2.61. The third-order valence-electron chi connectivity index (χ3n) is 4.47. The van der Waals surface area contributed by atoms with E-state index in [1.165, 1.54) is 6.20 Å². The standard InChI is InChI=1S/C17H23N3O3/c1-13-3-2-4-20(12-13)17(22)15-9-14(10-18-11-15)16(21)19-5-7-23-8-6-19/h9-11,13H,2-8,12H2,1H3. The molecule has 23 heavy (non-hydrogen) atoms. The van der Waals surface area contributed by atoms with E-state index in [1.807, 2.05) is 4.90 Å². The van der Waals surface area contributed by atoms with Gasteiger partial charge in [-0.3, -0.25) is 14.6 Å². The Hall–Kier alpha value is -1.95. The van der Waals surface area contributed by atoms with E-state index in [2.05, 4.69) is 11.9 Å². The molecule has 1 aromatic rings. The molecular weight excluding hydrogens is 294 g/mol. The second kappa shape index (κ2) is 7.08. The third kappa shape index (κ3) is 3.69. The Kier molecular flexibility index (Phi) is 4.91. The lowest BCUT2D eigenvalue weighted by Gasteiger charge is -2.31. The summed E-state index contributed by atoms with van der Waals surface area (Å²) in [4.78, 5) is 32.9. The summed E-state index contributed by atoms with van der Waals surface area (Å²) in [7, 11) is 0. The second-order valence-electron chi connectivity index (χ2n) is 6.37. The van der Waals surface area contributed by atoms with Crippen LogP contribution in [0.2, 0.25) is 0 Å². The lowest BCUT2D eigenvalue weighted by Crippen LogP contribution is -2.41. The van der Waals surface area contributed by atoms with Crippen LogP contribution in [0.4, 0.5) is 0 Å². The van der Waals surface area contributed by atoms with Gasteiger partial charge in [-0.25, -0.2) is 0 Å². The number of carbonyl (C=O) groups excluding carboxylic acids is 2. The van der Waals surface area contributed by atoms with Crippen molar-refractivity contribution in [2.45, 2.75) is 19.8 Å². The van der Waals surface area contributed by atoms with Gasteiger partial charge >= 0.3 is 0 Å². The van der Waals surface area contributed by atoms with E-state index >= 15 is 0 Å². The maximum atomic E-state index is 12.6. The van der Waals surface area contributed by atoms with Crippen molar-refractivity contribution in [2.75, 3.05) is 39.4 Å². The number of rotatable bonds is 2. The molecule has 3 rings (SSSR count). The highest BCUT2D eigenvalue weighted by Gasteiger charge is 2.24. The van der Waals surface area contributed by atoms with Gasteiger partial charge in [-0.05, 0) is 24.8 Å². The van der Waals surface area contributed by atoms with Crippen molar-refractivity contribution in [3.63, 3.8) is 0 Å². The minimum absolute atomic E-state index is 0.0272. The molecule has 0 aromatic carbocycles. The number of likely N-dealkylation sites (tertiary alicyclic amines) is 1. The molecule has 0 bridgehead atoms. The summed E-state index contributed by atoms with van der Waals surface area (Å²) in [6.45, 7) is 6.01. The first-order valence-corrected chi connectivity index (χ1v) is 8.26. The lowest BCUT2D eigenvalue weighted by atomic mass is 9.99. The molecule has 2 amide bonds. The maximum Gasteiger partial charge on any atom is 0.255 e. The molecule has 0 aliphatic carbocycles. The van der Waals surface area contributed by atoms with E-state index in [4.69, 9.17) is 4.74 Å². The molecule has 124 valence electrons. The van der Waals surface area contributed by atoms with Crippen LogP contribution in [-0.4, -0.2) is 66.0 Å². The molecule has 6 heteroatoms. The highest BCUT2D eigenvalue weighted by molar-refractivity contribution is 5.99. The van der Waals surface area contributed by atoms with Crippen LogP contribution in [0.25, 0.3) is 0 Å². The van der Waals surface area contributed by atoms with Crippen LogP contribution in [0.5, 0.6) is 0 Å². The van der Waals surface area contributed by atoms with Crippen LogP contribution >= 0.6 is 0 Å². The molecule has 3 heterocycles. The van der Waals surface area contributed by atoms with Gasteiger partial charge in [0.1, 0.15) is 0 Å². The SMILES string of the molecule is CC1CCCN(C(=O)c2cncc(C(=O)N3CCOCC3)c2)C1. The molecule has 2 aliphatic heterocycles. The first-order valence-electron chi connectivity index (χ1n) is 8.26. The highest BCUT2D eigenvalue weighted by atomic mass is 16.5. The number of aromatic nitrogens is 1. The predicted octanol–water partition coefficient (Wildman–Crippen LogP) is 1.43. The number of amides is 2. The minimum Gasteiger partial charge on any atom is -0.378 e. The fourth-order valence-corrected chi connectivity index (χ4v) is 3.18. The molecule has 2 fully saturated rings. The van der Waals surface area contributed by atoms with Crippen LogP contribution in [0, 0.1) is 5.92 Å². The van der Waals surface area contributed by atoms with Gasteiger partial charge < -0.3 is 14.5 Å². The van der Waals surface area contributed by atoms with Gasteiger partial charge in [0, 0.05) is 38.6 Å². The summed E-state index contributed by atoms with van der Waals surface area (Å²) in [5.41, 5.74) is 0.973. The van der Waals surface area contributed by atoms with Crippen LogP contribution < -0.4 is 0 Å². The van der Waals surface area contributed by atoms with Crippen molar-refractivity contribution < 1.29 is 14.3 Å². The Morgan fingerprint density at radius 1 is 1.09 bits per heavy atom. The molecule has 0 spiro atoms. The molecule has 6 nitrogen and oxygen atoms in total. The van der Waals surface area contributed by atoms with Crippen LogP contribution in [0.1, 0.15) is 40.5 Å². The zero-order valence-corrected chi connectivity index (χ0v) is 13.5. The summed E-state index contributed by atoms with van der Waals surface area (Å²) < 4.78 is 5.27. The van der Waals surface area contributed by atoms with Crippen molar-refractivity contribution in [1.82, 2.24) is 14.8 Å². The smallest absolute Gasteiger partial charge is 0.255 e. The van der Waals surface area contributed by atoms with E-state index in [9.17, 15) is 9.59 Å². The molecular formula is C17H23N3O3. The molecule has 2 aliphatic rings. The van der Waals surface area contributed by atoms with Gasteiger partial charge in [0.2, 0.25) is 0 Å². The quantitative estimate of drug-likeness (QED) is 0.828. The van der Waals surface area contributed by atoms with Gasteiger partial charge in [0.15, 0.2) is 0 Å². The highest BCUT2D eigenvalue weighted by Crippen LogP contribution is 2.18. The topological polar surface area (TPSA) is 62.7 Å². The summed E-state index contributed by atoms with van der Waals surface area (Å²) in [6.07, 6.45) is 5.29. The molecule has 1 aromatic heterocycles. The molecule has 0 N–H and O–H groups in total. The summed E-state index contributed by atoms with van der Waals surface area (Å²) in [5.74, 6) is 0.418. The van der Waals surface area contributed by atoms with E-state index in [1.54, 1.807) is 17.2 Å². The van der Waals surface area contributed by atoms with Crippen molar-refractivity contribution in [3.05, 3.63) is 29.6 Å². The number of ether oxygens (including phenoxy) is 1. The monoisotopic (exact) mass is 317 g/mol. The van der Waals surface area contributed by atoms with Crippen molar-refractivity contribution in [3.8, 4) is 0 Å². The van der Waals surface area contributed by atoms with Gasteiger partial charge in [0.25, 0.3) is 11.8 Å². The molecule has 0 radical (unpaired) electrons. The normalized spacial score (nSPS) is 22.0. The number of piperidine rings is 1. The minimum atomic E-state index is -0.0811. The summed E-state index contributed by atoms with van der Waals surface area (Å²) >= 11 is 0. The fourth-order valence-electron chi connectivity index (χ4n) is 3.18. The maximum absolute atomic E-state index is 12.6. The third-order valence-corrected chi connectivity index (χ3v) is 4.47. The zero-order chi connectivity index (χ0) is 16.2. The van der Waals surface area contributed by atoms with Gasteiger partial charge in [0.05, 0.1) is 24.3 Å². The van der Waals surface area contributed by atoms with E-state index < -0.39 is 0 Å². The number of pyridine rings is 1. The van der Waals surface area contributed by atoms with Crippen molar-refractivity contribution in [2.24, 2.45) is 5.92 Å². The van der Waals surface area contributed by atoms with Gasteiger partial charge in [-0.2, -0.15) is 0 Å². The van der Waals surface area contributed by atoms with Crippen LogP contribution in [0.15, 0.2) is 18.5 Å². The Balaban J connectivity index is 1.73. The molecule has 2 saturated heterocycles. The Bertz CT molecular complexity index is 584.